The van der Waals surface area contributed by atoms with Crippen molar-refractivity contribution in [3.8, 4) is 5.75 Å². The number of carbonyl (C=O) groups is 3. The highest BCUT2D eigenvalue weighted by Crippen LogP contribution is 2.40. The second-order valence-corrected chi connectivity index (χ2v) is 14.6. The molecule has 0 aromatic heterocycles. The van der Waals surface area contributed by atoms with Crippen molar-refractivity contribution in [3.63, 3.8) is 0 Å². The number of amides is 2. The number of aliphatic carboxylic acids is 1. The highest BCUT2D eigenvalue weighted by molar-refractivity contribution is 8.72. The Hall–Kier alpha value is -3.51. The third-order valence-electron chi connectivity index (χ3n) is 7.25. The van der Waals surface area contributed by atoms with Crippen LogP contribution in [0, 0.1) is 6.92 Å². The number of hydrogen-bond acceptors (Lipinski definition) is 8. The number of carboxylic acid groups (broad SMARTS) is 1. The first kappa shape index (κ1) is 30.4. The monoisotopic (exact) mass is 601 g/mol. The van der Waals surface area contributed by atoms with E-state index in [1.807, 2.05) is 13.8 Å². The molecule has 1 saturated heterocycles. The van der Waals surface area contributed by atoms with E-state index in [0.717, 1.165) is 42.6 Å². The lowest BCUT2D eigenvalue weighted by molar-refractivity contribution is -0.150. The number of ether oxygens (including phenoxy) is 1. The van der Waals surface area contributed by atoms with E-state index in [9.17, 15) is 27.9 Å². The zero-order valence-electron chi connectivity index (χ0n) is 23.3. The van der Waals surface area contributed by atoms with Gasteiger partial charge in [-0.25, -0.2) is 13.2 Å². The first-order valence-corrected chi connectivity index (χ1v) is 16.3. The summed E-state index contributed by atoms with van der Waals surface area (Å²) in [6.07, 6.45) is 4.76. The number of aryl methyl sites for hydroxylation is 1. The molecule has 1 aliphatic heterocycles. The molecule has 2 aromatic carbocycles. The Labute approximate surface area is 243 Å². The largest absolute Gasteiger partial charge is 0.484 e. The van der Waals surface area contributed by atoms with E-state index in [-0.39, 0.29) is 21.8 Å². The molecule has 1 heterocycles. The molecule has 2 aromatic rings. The van der Waals surface area contributed by atoms with E-state index in [1.165, 1.54) is 12.1 Å². The number of β-lactam (4-membered cyclic amide) rings is 1. The highest BCUT2D eigenvalue weighted by Gasteiger charge is 2.54. The molecule has 2 atom stereocenters. The van der Waals surface area contributed by atoms with Crippen LogP contribution in [-0.4, -0.2) is 59.8 Å². The summed E-state index contributed by atoms with van der Waals surface area (Å²) in [7, 11) is -3.61. The van der Waals surface area contributed by atoms with Gasteiger partial charge >= 0.3 is 5.97 Å². The first-order valence-electron chi connectivity index (χ1n) is 13.4. The average Bonchev–Trinajstić information content (AvgIpc) is 2.93. The lowest BCUT2D eigenvalue weighted by Gasteiger charge is -2.47. The minimum Gasteiger partial charge on any atom is -0.484 e. The molecule has 2 aliphatic rings. The molecule has 2 unspecified atom stereocenters. The smallest absolute Gasteiger partial charge is 0.354 e. The Bertz CT molecular complexity index is 1420. The van der Waals surface area contributed by atoms with Gasteiger partial charge in [-0.05, 0) is 57.9 Å². The predicted molar refractivity (Wildman–Crippen MR) is 155 cm³/mol. The molecule has 220 valence electrons. The molecule has 41 heavy (non-hydrogen) atoms. The maximum absolute atomic E-state index is 13.4. The van der Waals surface area contributed by atoms with Crippen LogP contribution in [0.2, 0.25) is 0 Å². The van der Waals surface area contributed by atoms with Crippen molar-refractivity contribution in [1.29, 1.82) is 0 Å². The number of carbonyl (C=O) groups excluding carboxylic acids is 2. The third kappa shape index (κ3) is 7.23. The SMILES string of the molecule is C/C(NC1(C)CCCCC1)=C(/C(=O)O)N1C(=O)C(NC(=O)COc2ccccc2)C1SS(=O)(=O)c1ccc(C)cc1. The zero-order valence-corrected chi connectivity index (χ0v) is 24.9. The Morgan fingerprint density at radius 3 is 2.32 bits per heavy atom. The van der Waals surface area contributed by atoms with Crippen LogP contribution in [0.1, 0.15) is 51.5 Å². The number of rotatable bonds is 11. The van der Waals surface area contributed by atoms with Crippen molar-refractivity contribution >= 4 is 37.4 Å². The summed E-state index contributed by atoms with van der Waals surface area (Å²) in [5, 5.41) is 14.8. The number of hydrogen-bond donors (Lipinski definition) is 3. The Morgan fingerprint density at radius 1 is 1.07 bits per heavy atom. The molecular weight excluding hydrogens is 566 g/mol. The van der Waals surface area contributed by atoms with E-state index >= 15 is 0 Å². The van der Waals surface area contributed by atoms with Crippen molar-refractivity contribution in [2.24, 2.45) is 0 Å². The van der Waals surface area contributed by atoms with Crippen LogP contribution in [0.25, 0.3) is 0 Å². The number of allylic oxidation sites excluding steroid dienone is 1. The molecule has 4 rings (SSSR count). The minimum absolute atomic E-state index is 0.00954. The summed E-state index contributed by atoms with van der Waals surface area (Å²) >= 11 is 0. The van der Waals surface area contributed by atoms with Crippen LogP contribution in [0.4, 0.5) is 0 Å². The first-order chi connectivity index (χ1) is 19.4. The van der Waals surface area contributed by atoms with Crippen molar-refractivity contribution in [2.45, 2.75) is 74.7 Å². The molecule has 10 nitrogen and oxygen atoms in total. The summed E-state index contributed by atoms with van der Waals surface area (Å²) in [5.41, 5.74) is 0.429. The minimum atomic E-state index is -4.04. The van der Waals surface area contributed by atoms with Gasteiger partial charge in [0.1, 0.15) is 22.9 Å². The number of benzene rings is 2. The van der Waals surface area contributed by atoms with Crippen molar-refractivity contribution in [2.75, 3.05) is 6.61 Å². The number of likely N-dealkylation sites (tertiary alicyclic amines) is 1. The van der Waals surface area contributed by atoms with E-state index in [1.54, 1.807) is 49.4 Å². The van der Waals surface area contributed by atoms with Crippen LogP contribution < -0.4 is 15.4 Å². The number of para-hydroxylation sites is 1. The molecule has 2 fully saturated rings. The lowest BCUT2D eigenvalue weighted by Crippen LogP contribution is -2.70. The maximum Gasteiger partial charge on any atom is 0.354 e. The Kier molecular flexibility index (Phi) is 9.33. The van der Waals surface area contributed by atoms with Crippen LogP contribution in [0.5, 0.6) is 5.75 Å². The highest BCUT2D eigenvalue weighted by atomic mass is 33.1. The number of nitrogens with one attached hydrogen (secondary N) is 2. The summed E-state index contributed by atoms with van der Waals surface area (Å²) in [6, 6.07) is 13.6. The van der Waals surface area contributed by atoms with Gasteiger partial charge in [-0.15, -0.1) is 0 Å². The van der Waals surface area contributed by atoms with Gasteiger partial charge in [0.15, 0.2) is 6.61 Å². The second-order valence-electron chi connectivity index (χ2n) is 10.6. The normalized spacial score (nSPS) is 20.9. The van der Waals surface area contributed by atoms with Gasteiger partial charge in [0.05, 0.1) is 4.90 Å². The third-order valence-corrected chi connectivity index (χ3v) is 11.0. The fraction of sp³-hybridized carbons (Fsp3) is 0.414. The molecule has 1 aliphatic carbocycles. The van der Waals surface area contributed by atoms with E-state index < -0.39 is 44.7 Å². The second kappa shape index (κ2) is 12.6. The molecule has 0 radical (unpaired) electrons. The van der Waals surface area contributed by atoms with Crippen LogP contribution in [0.3, 0.4) is 0 Å². The lowest BCUT2D eigenvalue weighted by atomic mass is 9.83. The van der Waals surface area contributed by atoms with E-state index in [2.05, 4.69) is 10.6 Å². The van der Waals surface area contributed by atoms with Gasteiger partial charge in [-0.3, -0.25) is 14.5 Å². The molecule has 3 N–H and O–H groups in total. The van der Waals surface area contributed by atoms with Crippen molar-refractivity contribution in [3.05, 3.63) is 71.6 Å². The summed E-state index contributed by atoms with van der Waals surface area (Å²) in [6.45, 7) is 5.01. The van der Waals surface area contributed by atoms with Crippen LogP contribution in [0.15, 0.2) is 70.9 Å². The Balaban J connectivity index is 1.61. The van der Waals surface area contributed by atoms with Gasteiger partial charge in [0.2, 0.25) is 8.87 Å². The van der Waals surface area contributed by atoms with Gasteiger partial charge in [-0.1, -0.05) is 55.2 Å². The number of nitrogens with zero attached hydrogens (tertiary/aromatic N) is 1. The van der Waals surface area contributed by atoms with Gasteiger partial charge in [-0.2, -0.15) is 0 Å². The summed E-state index contributed by atoms with van der Waals surface area (Å²) in [4.78, 5) is 39.6. The quantitative estimate of drug-likeness (QED) is 0.199. The standard InChI is InChI=1S/C29H35N3O7S2/c1-19-12-14-22(15-13-19)41(37,38)40-27-24(30-23(33)18-39-21-10-6-4-7-11-21)26(34)32(27)25(28(35)36)20(2)31-29(3)16-8-5-9-17-29/h4,6-7,10-15,24,27,31H,5,8-9,16-18H2,1-3H3,(H,30,33)(H,35,36)/b25-20+. The van der Waals surface area contributed by atoms with Crippen LogP contribution >= 0.6 is 10.8 Å². The number of carboxylic acids is 1. The molecule has 2 amide bonds. The Morgan fingerprint density at radius 2 is 1.71 bits per heavy atom. The van der Waals surface area contributed by atoms with Gasteiger partial charge in [0, 0.05) is 22.0 Å². The topological polar surface area (TPSA) is 142 Å². The predicted octanol–water partition coefficient (Wildman–Crippen LogP) is 3.78. The summed E-state index contributed by atoms with van der Waals surface area (Å²) in [5.74, 6) is -2.29. The maximum atomic E-state index is 13.4. The zero-order chi connectivity index (χ0) is 29.8. The van der Waals surface area contributed by atoms with Gasteiger partial charge < -0.3 is 20.5 Å². The van der Waals surface area contributed by atoms with Crippen molar-refractivity contribution < 1.29 is 32.6 Å². The van der Waals surface area contributed by atoms with Gasteiger partial charge in [0.25, 0.3) is 11.8 Å². The summed E-state index contributed by atoms with van der Waals surface area (Å²) < 4.78 is 32.2. The molecular formula is C29H35N3O7S2. The molecule has 1 saturated carbocycles. The average molecular weight is 602 g/mol. The fourth-order valence-corrected chi connectivity index (χ4v) is 8.59. The molecule has 0 bridgehead atoms. The van der Waals surface area contributed by atoms with E-state index in [0.29, 0.717) is 16.5 Å². The van der Waals surface area contributed by atoms with Crippen LogP contribution in [-0.2, 0) is 23.3 Å². The molecule has 12 heteroatoms. The molecule has 0 spiro atoms. The van der Waals surface area contributed by atoms with Crippen molar-refractivity contribution in [1.82, 2.24) is 15.5 Å². The van der Waals surface area contributed by atoms with E-state index in [4.69, 9.17) is 4.74 Å². The fourth-order valence-electron chi connectivity index (χ4n) is 5.12.